The van der Waals surface area contributed by atoms with Crippen LogP contribution in [0.25, 0.3) is 0 Å². The van der Waals surface area contributed by atoms with E-state index in [9.17, 15) is 0 Å². The third-order valence-corrected chi connectivity index (χ3v) is 5.37. The summed E-state index contributed by atoms with van der Waals surface area (Å²) in [6, 6.07) is 17.4. The van der Waals surface area contributed by atoms with Crippen LogP contribution in [0.2, 0.25) is 0 Å². The predicted molar refractivity (Wildman–Crippen MR) is 74.5 cm³/mol. The fraction of sp³-hybridized carbons (Fsp3) is 0.200. The number of benzene rings is 2. The highest BCUT2D eigenvalue weighted by Crippen LogP contribution is 2.31. The van der Waals surface area contributed by atoms with Crippen LogP contribution in [0.1, 0.15) is 11.1 Å². The average molecular weight is 228 g/mol. The van der Waals surface area contributed by atoms with E-state index in [2.05, 4.69) is 69.0 Å². The molecule has 0 aliphatic rings. The van der Waals surface area contributed by atoms with Crippen molar-refractivity contribution >= 4 is 18.5 Å². The fourth-order valence-electron chi connectivity index (χ4n) is 2.12. The van der Waals surface area contributed by atoms with Gasteiger partial charge in [0.1, 0.15) is 0 Å². The van der Waals surface area contributed by atoms with E-state index in [1.807, 2.05) is 0 Å². The normalized spacial score (nSPS) is 12.4. The van der Waals surface area contributed by atoms with Gasteiger partial charge in [-0.3, -0.25) is 0 Å². The summed E-state index contributed by atoms with van der Waals surface area (Å²) in [6.07, 6.45) is 0. The zero-order valence-electron chi connectivity index (χ0n) is 10.1. The highest BCUT2D eigenvalue weighted by molar-refractivity contribution is 7.72. The van der Waals surface area contributed by atoms with Crippen LogP contribution in [0.15, 0.2) is 48.5 Å². The van der Waals surface area contributed by atoms with Crippen LogP contribution >= 0.6 is 7.92 Å². The molecule has 2 rings (SSSR count). The van der Waals surface area contributed by atoms with E-state index in [1.165, 1.54) is 21.7 Å². The molecule has 0 fully saturated rings. The maximum Gasteiger partial charge on any atom is -0.0140 e. The Balaban J connectivity index is 2.46. The van der Waals surface area contributed by atoms with Gasteiger partial charge >= 0.3 is 0 Å². The zero-order valence-corrected chi connectivity index (χ0v) is 11.0. The van der Waals surface area contributed by atoms with Crippen molar-refractivity contribution in [3.05, 3.63) is 59.7 Å². The van der Waals surface area contributed by atoms with Crippen LogP contribution in [0.4, 0.5) is 0 Å². The molecule has 0 bridgehead atoms. The minimum absolute atomic E-state index is 0.212. The van der Waals surface area contributed by atoms with E-state index < -0.39 is 0 Å². The Labute approximate surface area is 99.1 Å². The van der Waals surface area contributed by atoms with Crippen LogP contribution in [-0.2, 0) is 0 Å². The van der Waals surface area contributed by atoms with Crippen molar-refractivity contribution in [2.24, 2.45) is 0 Å². The Kier molecular flexibility index (Phi) is 3.41. The summed E-state index contributed by atoms with van der Waals surface area (Å²) in [6.45, 7) is 6.77. The van der Waals surface area contributed by atoms with Gasteiger partial charge < -0.3 is 0 Å². The number of hydrogen-bond donors (Lipinski definition) is 0. The Morgan fingerprint density at radius 2 is 1.31 bits per heavy atom. The molecule has 1 atom stereocenters. The van der Waals surface area contributed by atoms with Gasteiger partial charge in [0, 0.05) is 0 Å². The molecule has 0 heterocycles. The second-order valence-electron chi connectivity index (χ2n) is 4.13. The molecule has 0 radical (unpaired) electrons. The second kappa shape index (κ2) is 4.80. The fourth-order valence-corrected chi connectivity index (χ4v) is 4.20. The molecule has 0 N–H and O–H groups in total. The zero-order chi connectivity index (χ0) is 11.5. The first-order valence-corrected chi connectivity index (χ1v) is 7.34. The van der Waals surface area contributed by atoms with Gasteiger partial charge in [0.25, 0.3) is 0 Å². The number of rotatable bonds is 2. The van der Waals surface area contributed by atoms with Crippen molar-refractivity contribution in [2.75, 3.05) is 6.66 Å². The Morgan fingerprint density at radius 1 is 0.750 bits per heavy atom. The summed E-state index contributed by atoms with van der Waals surface area (Å²) in [5.74, 6) is 0. The molecular weight excluding hydrogens is 211 g/mol. The lowest BCUT2D eigenvalue weighted by atomic mass is 10.2. The van der Waals surface area contributed by atoms with Crippen LogP contribution in [0, 0.1) is 13.8 Å². The van der Waals surface area contributed by atoms with E-state index in [4.69, 9.17) is 0 Å². The maximum atomic E-state index is 2.35. The minimum atomic E-state index is -0.212. The highest BCUT2D eigenvalue weighted by atomic mass is 31.1. The summed E-state index contributed by atoms with van der Waals surface area (Å²) < 4.78 is 0. The van der Waals surface area contributed by atoms with Gasteiger partial charge in [0.15, 0.2) is 0 Å². The first-order chi connectivity index (χ1) is 7.70. The molecule has 1 unspecified atom stereocenters. The smallest absolute Gasteiger partial charge is 0.0140 e. The lowest BCUT2D eigenvalue weighted by molar-refractivity contribution is 1.43. The summed E-state index contributed by atoms with van der Waals surface area (Å²) in [5.41, 5.74) is 2.83. The molecule has 2 aromatic rings. The average Bonchev–Trinajstić information content (AvgIpc) is 2.30. The lowest BCUT2D eigenvalue weighted by Crippen LogP contribution is -2.16. The molecule has 2 aromatic carbocycles. The van der Waals surface area contributed by atoms with Crippen molar-refractivity contribution < 1.29 is 0 Å². The van der Waals surface area contributed by atoms with E-state index in [0.29, 0.717) is 0 Å². The lowest BCUT2D eigenvalue weighted by Gasteiger charge is -2.18. The molecule has 1 heteroatoms. The van der Waals surface area contributed by atoms with E-state index in [1.54, 1.807) is 0 Å². The van der Waals surface area contributed by atoms with Crippen LogP contribution in [0.3, 0.4) is 0 Å². The monoisotopic (exact) mass is 228 g/mol. The van der Waals surface area contributed by atoms with Crippen molar-refractivity contribution in [3.8, 4) is 0 Å². The molecule has 0 aromatic heterocycles. The largest absolute Gasteiger partial charge is 0.0622 e. The van der Waals surface area contributed by atoms with Gasteiger partial charge in [-0.2, -0.15) is 0 Å². The third-order valence-electron chi connectivity index (χ3n) is 2.92. The van der Waals surface area contributed by atoms with Crippen molar-refractivity contribution in [3.63, 3.8) is 0 Å². The van der Waals surface area contributed by atoms with E-state index in [0.717, 1.165) is 0 Å². The molecule has 0 nitrogen and oxygen atoms in total. The summed E-state index contributed by atoms with van der Waals surface area (Å²) in [4.78, 5) is 0. The summed E-state index contributed by atoms with van der Waals surface area (Å²) in [7, 11) is -0.212. The number of aryl methyl sites for hydroxylation is 2. The predicted octanol–water partition coefficient (Wildman–Crippen LogP) is 3.37. The van der Waals surface area contributed by atoms with Gasteiger partial charge in [-0.1, -0.05) is 48.5 Å². The van der Waals surface area contributed by atoms with Gasteiger partial charge in [0.2, 0.25) is 0 Å². The SMILES string of the molecule is Cc1cccc(C)c1P(C)c1ccccc1. The molecular formula is C15H17P. The topological polar surface area (TPSA) is 0 Å². The van der Waals surface area contributed by atoms with Gasteiger partial charge in [0.05, 0.1) is 0 Å². The Morgan fingerprint density at radius 3 is 1.88 bits per heavy atom. The first kappa shape index (κ1) is 11.4. The maximum absolute atomic E-state index is 2.35. The minimum Gasteiger partial charge on any atom is -0.0622 e. The van der Waals surface area contributed by atoms with E-state index in [-0.39, 0.29) is 7.92 Å². The standard InChI is InChI=1S/C15H17P/c1-12-8-7-9-13(2)15(12)16(3)14-10-5-4-6-11-14/h4-11H,1-3H3. The number of hydrogen-bond acceptors (Lipinski definition) is 0. The van der Waals surface area contributed by atoms with Crippen molar-refractivity contribution in [1.29, 1.82) is 0 Å². The molecule has 0 amide bonds. The van der Waals surface area contributed by atoms with Gasteiger partial charge in [-0.05, 0) is 50.2 Å². The van der Waals surface area contributed by atoms with Crippen LogP contribution in [0.5, 0.6) is 0 Å². The highest BCUT2D eigenvalue weighted by Gasteiger charge is 2.11. The molecule has 0 saturated carbocycles. The molecule has 0 aliphatic heterocycles. The second-order valence-corrected chi connectivity index (χ2v) is 6.22. The molecule has 0 saturated heterocycles. The first-order valence-electron chi connectivity index (χ1n) is 5.55. The van der Waals surface area contributed by atoms with Crippen molar-refractivity contribution in [1.82, 2.24) is 0 Å². The van der Waals surface area contributed by atoms with Gasteiger partial charge in [-0.25, -0.2) is 0 Å². The Bertz CT molecular complexity index is 454. The quantitative estimate of drug-likeness (QED) is 0.691. The molecule has 82 valence electrons. The Hall–Kier alpha value is -1.13. The van der Waals surface area contributed by atoms with Crippen molar-refractivity contribution in [2.45, 2.75) is 13.8 Å². The molecule has 16 heavy (non-hydrogen) atoms. The van der Waals surface area contributed by atoms with Crippen LogP contribution < -0.4 is 10.6 Å². The van der Waals surface area contributed by atoms with Crippen LogP contribution in [-0.4, -0.2) is 6.66 Å². The summed E-state index contributed by atoms with van der Waals surface area (Å²) in [5, 5.41) is 2.98. The molecule has 0 aliphatic carbocycles. The van der Waals surface area contributed by atoms with E-state index >= 15 is 0 Å². The third kappa shape index (κ3) is 2.18. The van der Waals surface area contributed by atoms with Gasteiger partial charge in [-0.15, -0.1) is 0 Å². The molecule has 0 spiro atoms. The summed E-state index contributed by atoms with van der Waals surface area (Å²) >= 11 is 0.